The number of aromatic amines is 1. The van der Waals surface area contributed by atoms with Crippen LogP contribution in [0.2, 0.25) is 0 Å². The van der Waals surface area contributed by atoms with Crippen molar-refractivity contribution in [2.45, 2.75) is 18.7 Å². The van der Waals surface area contributed by atoms with Gasteiger partial charge in [0, 0.05) is 5.69 Å². The third-order valence-corrected chi connectivity index (χ3v) is 5.40. The van der Waals surface area contributed by atoms with Crippen molar-refractivity contribution < 1.29 is 22.0 Å². The number of benzene rings is 2. The predicted octanol–water partition coefficient (Wildman–Crippen LogP) is 3.09. The zero-order valence-corrected chi connectivity index (χ0v) is 15.2. The Kier molecular flexibility index (Phi) is 4.79. The molecule has 9 heteroatoms. The number of carbonyl (C=O) groups is 1. The second kappa shape index (κ2) is 6.92. The van der Waals surface area contributed by atoms with Gasteiger partial charge in [0.15, 0.2) is 5.69 Å². The summed E-state index contributed by atoms with van der Waals surface area (Å²) in [5, 5.41) is 0. The smallest absolute Gasteiger partial charge is 0.285 e. The van der Waals surface area contributed by atoms with Crippen LogP contribution in [-0.2, 0) is 10.0 Å². The van der Waals surface area contributed by atoms with E-state index in [1.165, 1.54) is 25.1 Å². The maximum atomic E-state index is 13.9. The van der Waals surface area contributed by atoms with Crippen LogP contribution in [0.1, 0.15) is 21.7 Å². The number of carbonyl (C=O) groups excluding carboxylic acids is 1. The van der Waals surface area contributed by atoms with Crippen molar-refractivity contribution in [1.82, 2.24) is 14.7 Å². The average molecular weight is 391 g/mol. The molecule has 0 aliphatic rings. The van der Waals surface area contributed by atoms with Crippen molar-refractivity contribution >= 4 is 15.9 Å². The third kappa shape index (κ3) is 3.59. The van der Waals surface area contributed by atoms with Crippen LogP contribution in [0.25, 0.3) is 11.4 Å². The lowest BCUT2D eigenvalue weighted by molar-refractivity contribution is 0.0976. The van der Waals surface area contributed by atoms with Crippen LogP contribution in [0.3, 0.4) is 0 Å². The predicted molar refractivity (Wildman–Crippen MR) is 94.5 cm³/mol. The molecule has 3 aromatic rings. The Hall–Kier alpha value is -3.07. The summed E-state index contributed by atoms with van der Waals surface area (Å²) in [6.45, 7) is 3.04. The van der Waals surface area contributed by atoms with Crippen molar-refractivity contribution in [3.8, 4) is 11.4 Å². The van der Waals surface area contributed by atoms with E-state index in [4.69, 9.17) is 0 Å². The number of amides is 1. The van der Waals surface area contributed by atoms with Crippen molar-refractivity contribution in [2.75, 3.05) is 0 Å². The van der Waals surface area contributed by atoms with Gasteiger partial charge in [0.2, 0.25) is 0 Å². The fraction of sp³-hybridized carbons (Fsp3) is 0.111. The molecule has 1 amide bonds. The summed E-state index contributed by atoms with van der Waals surface area (Å²) in [6, 6.07) is 9.47. The van der Waals surface area contributed by atoms with Gasteiger partial charge in [-0.25, -0.2) is 26.9 Å². The van der Waals surface area contributed by atoms with E-state index in [1.807, 2.05) is 4.72 Å². The number of rotatable bonds is 4. The number of imidazole rings is 1. The van der Waals surface area contributed by atoms with E-state index in [1.54, 1.807) is 19.1 Å². The highest BCUT2D eigenvalue weighted by atomic mass is 32.2. The first-order valence-corrected chi connectivity index (χ1v) is 9.33. The number of aryl methyl sites for hydroxylation is 2. The minimum atomic E-state index is -4.13. The van der Waals surface area contributed by atoms with Crippen LogP contribution < -0.4 is 4.72 Å². The van der Waals surface area contributed by atoms with Gasteiger partial charge in [0.05, 0.1) is 10.5 Å². The number of halogens is 2. The molecule has 0 aliphatic heterocycles. The van der Waals surface area contributed by atoms with Crippen molar-refractivity contribution in [3.05, 3.63) is 71.1 Å². The standard InChI is InChI=1S/C18H15F2N3O3S/c1-10-6-3-4-9-14(10)27(25,26)23-18(24)16-11(2)21-17(22-16)15-12(19)7-5-8-13(15)20/h3-9H,1-2H3,(H,21,22)(H,23,24). The third-order valence-electron chi connectivity index (χ3n) is 3.91. The first-order valence-electron chi connectivity index (χ1n) is 7.84. The molecular weight excluding hydrogens is 376 g/mol. The Morgan fingerprint density at radius 3 is 2.30 bits per heavy atom. The lowest BCUT2D eigenvalue weighted by Crippen LogP contribution is -2.31. The number of H-pyrrole nitrogens is 1. The summed E-state index contributed by atoms with van der Waals surface area (Å²) in [5.74, 6) is -2.93. The molecule has 0 unspecified atom stereocenters. The Morgan fingerprint density at radius 2 is 1.67 bits per heavy atom. The summed E-state index contributed by atoms with van der Waals surface area (Å²) in [5.41, 5.74) is -0.0676. The molecule has 0 aliphatic carbocycles. The summed E-state index contributed by atoms with van der Waals surface area (Å²) in [7, 11) is -4.13. The Bertz CT molecular complexity index is 1120. The van der Waals surface area contributed by atoms with E-state index < -0.39 is 33.1 Å². The van der Waals surface area contributed by atoms with E-state index >= 15 is 0 Å². The zero-order chi connectivity index (χ0) is 19.8. The maximum Gasteiger partial charge on any atom is 0.285 e. The van der Waals surface area contributed by atoms with Gasteiger partial charge in [-0.05, 0) is 37.6 Å². The van der Waals surface area contributed by atoms with Gasteiger partial charge in [-0.15, -0.1) is 0 Å². The fourth-order valence-corrected chi connectivity index (χ4v) is 3.81. The van der Waals surface area contributed by atoms with Crippen LogP contribution in [0.15, 0.2) is 47.4 Å². The largest absolute Gasteiger partial charge is 0.341 e. The molecule has 140 valence electrons. The second-order valence-electron chi connectivity index (χ2n) is 5.86. The molecule has 6 nitrogen and oxygen atoms in total. The van der Waals surface area contributed by atoms with Crippen molar-refractivity contribution in [1.29, 1.82) is 0 Å². The Balaban J connectivity index is 1.95. The number of hydrogen-bond donors (Lipinski definition) is 2. The molecule has 1 heterocycles. The van der Waals surface area contributed by atoms with E-state index in [9.17, 15) is 22.0 Å². The number of hydrogen-bond acceptors (Lipinski definition) is 4. The van der Waals surface area contributed by atoms with Gasteiger partial charge < -0.3 is 4.98 Å². The first kappa shape index (κ1) is 18.7. The van der Waals surface area contributed by atoms with E-state index in [0.29, 0.717) is 5.56 Å². The molecule has 1 aromatic heterocycles. The van der Waals surface area contributed by atoms with E-state index in [2.05, 4.69) is 9.97 Å². The Labute approximate surface area is 154 Å². The maximum absolute atomic E-state index is 13.9. The van der Waals surface area contributed by atoms with Crippen LogP contribution >= 0.6 is 0 Å². The minimum absolute atomic E-state index is 0.0492. The molecule has 0 saturated heterocycles. The number of sulfonamides is 1. The number of nitrogens with one attached hydrogen (secondary N) is 2. The monoisotopic (exact) mass is 391 g/mol. The van der Waals surface area contributed by atoms with Gasteiger partial charge in [-0.2, -0.15) is 0 Å². The average Bonchev–Trinajstić information content (AvgIpc) is 2.96. The second-order valence-corrected chi connectivity index (χ2v) is 7.51. The quantitative estimate of drug-likeness (QED) is 0.715. The molecule has 0 bridgehead atoms. The topological polar surface area (TPSA) is 91.9 Å². The number of aromatic nitrogens is 2. The van der Waals surface area contributed by atoms with Crippen molar-refractivity contribution in [2.24, 2.45) is 0 Å². The first-order chi connectivity index (χ1) is 12.7. The molecule has 27 heavy (non-hydrogen) atoms. The molecule has 0 spiro atoms. The normalized spacial score (nSPS) is 11.4. The van der Waals surface area contributed by atoms with Gasteiger partial charge in [-0.3, -0.25) is 4.79 Å². The summed E-state index contributed by atoms with van der Waals surface area (Å²) in [4.78, 5) is 18.9. The fourth-order valence-electron chi connectivity index (χ4n) is 2.61. The van der Waals surface area contributed by atoms with E-state index in [-0.39, 0.29) is 22.1 Å². The van der Waals surface area contributed by atoms with Crippen molar-refractivity contribution in [3.63, 3.8) is 0 Å². The van der Waals surface area contributed by atoms with Crippen LogP contribution in [0, 0.1) is 25.5 Å². The van der Waals surface area contributed by atoms with Gasteiger partial charge in [0.1, 0.15) is 17.5 Å². The number of nitrogens with zero attached hydrogens (tertiary/aromatic N) is 1. The summed E-state index contributed by atoms with van der Waals surface area (Å²) < 4.78 is 54.7. The molecule has 2 aromatic carbocycles. The summed E-state index contributed by atoms with van der Waals surface area (Å²) in [6.07, 6.45) is 0. The molecule has 3 rings (SSSR count). The lowest BCUT2D eigenvalue weighted by Gasteiger charge is -2.08. The Morgan fingerprint density at radius 1 is 1.04 bits per heavy atom. The zero-order valence-electron chi connectivity index (χ0n) is 14.4. The highest BCUT2D eigenvalue weighted by Crippen LogP contribution is 2.24. The van der Waals surface area contributed by atoms with Crippen LogP contribution in [0.5, 0.6) is 0 Å². The molecular formula is C18H15F2N3O3S. The minimum Gasteiger partial charge on any atom is -0.341 e. The molecule has 0 saturated carbocycles. The molecule has 0 fully saturated rings. The lowest BCUT2D eigenvalue weighted by atomic mass is 10.2. The molecule has 0 radical (unpaired) electrons. The van der Waals surface area contributed by atoms with Gasteiger partial charge >= 0.3 is 0 Å². The highest BCUT2D eigenvalue weighted by molar-refractivity contribution is 7.90. The highest BCUT2D eigenvalue weighted by Gasteiger charge is 2.25. The van der Waals surface area contributed by atoms with Crippen LogP contribution in [-0.4, -0.2) is 24.3 Å². The van der Waals surface area contributed by atoms with E-state index in [0.717, 1.165) is 12.1 Å². The van der Waals surface area contributed by atoms with Crippen LogP contribution in [0.4, 0.5) is 8.78 Å². The van der Waals surface area contributed by atoms with Gasteiger partial charge in [-0.1, -0.05) is 24.3 Å². The SMILES string of the molecule is Cc1ccccc1S(=O)(=O)NC(=O)c1nc(-c2c(F)cccc2F)[nH]c1C. The van der Waals surface area contributed by atoms with Gasteiger partial charge in [0.25, 0.3) is 15.9 Å². The molecule has 2 N–H and O–H groups in total. The molecule has 0 atom stereocenters. The summed E-state index contributed by atoms with van der Waals surface area (Å²) >= 11 is 0.